The summed E-state index contributed by atoms with van der Waals surface area (Å²) in [6.45, 7) is 2.72. The number of aryl methyl sites for hydroxylation is 1. The molecule has 3 aromatic rings. The van der Waals surface area contributed by atoms with Crippen LogP contribution in [-0.4, -0.2) is 82.4 Å². The normalized spacial score (nSPS) is 17.4. The third kappa shape index (κ3) is 4.78. The number of likely N-dealkylation sites (tertiary alicyclic amines) is 1. The number of fused-ring (bicyclic) bond motifs is 1. The van der Waals surface area contributed by atoms with Gasteiger partial charge in [-0.2, -0.15) is 5.10 Å². The third-order valence-corrected chi connectivity index (χ3v) is 7.26. The molecule has 0 saturated carbocycles. The van der Waals surface area contributed by atoms with Crippen molar-refractivity contribution in [1.29, 1.82) is 0 Å². The highest BCUT2D eigenvalue weighted by Gasteiger charge is 2.46. The number of hydrogen-bond donors (Lipinski definition) is 3. The molecule has 192 valence electrons. The largest absolute Gasteiger partial charge is 0.347 e. The summed E-state index contributed by atoms with van der Waals surface area (Å²) in [6, 6.07) is 12.5. The van der Waals surface area contributed by atoms with E-state index in [1.54, 1.807) is 25.2 Å². The molecule has 10 heteroatoms. The molecule has 1 atom stereocenters. The lowest BCUT2D eigenvalue weighted by atomic mass is 9.88. The van der Waals surface area contributed by atoms with E-state index in [4.69, 9.17) is 4.99 Å². The van der Waals surface area contributed by atoms with Crippen LogP contribution in [0.2, 0.25) is 0 Å². The van der Waals surface area contributed by atoms with Crippen LogP contribution in [0.4, 0.5) is 4.79 Å². The van der Waals surface area contributed by atoms with Crippen molar-refractivity contribution >= 4 is 34.6 Å². The van der Waals surface area contributed by atoms with E-state index in [0.717, 1.165) is 27.6 Å². The van der Waals surface area contributed by atoms with Crippen molar-refractivity contribution in [1.82, 2.24) is 30.6 Å². The molecule has 10 nitrogen and oxygen atoms in total. The minimum Gasteiger partial charge on any atom is -0.347 e. The van der Waals surface area contributed by atoms with E-state index in [1.165, 1.54) is 4.90 Å². The van der Waals surface area contributed by atoms with Gasteiger partial charge in [0.05, 0.1) is 11.7 Å². The Kier molecular flexibility index (Phi) is 6.41. The molecule has 1 aromatic heterocycles. The number of carbonyl (C=O) groups is 3. The zero-order valence-corrected chi connectivity index (χ0v) is 21.2. The Bertz CT molecular complexity index is 1370. The Labute approximate surface area is 215 Å². The molecule has 1 saturated heterocycles. The molecule has 1 fully saturated rings. The number of amides is 4. The fourth-order valence-corrected chi connectivity index (χ4v) is 5.01. The number of aliphatic imine (C=N–C) groups is 1. The standard InChI is InChI=1S/C27H31N7O3/c1-17-13-20-16-28-32-21(20)14-19(17)15-22(24(35)33(2)3)29-26(37)34-11-9-27(10-12-34)25(36)30-23(31-27)18-7-5-4-6-8-18/h4-8,13-14,16,22H,9-12,15H2,1-3H3,(H,28,32)(H,29,37)(H,30,31,36). The first kappa shape index (κ1) is 24.5. The second-order valence-electron chi connectivity index (χ2n) is 9.97. The summed E-state index contributed by atoms with van der Waals surface area (Å²) >= 11 is 0. The average Bonchev–Trinajstić information content (AvgIpc) is 3.47. The maximum absolute atomic E-state index is 13.2. The van der Waals surface area contributed by atoms with Crippen molar-refractivity contribution < 1.29 is 14.4 Å². The number of nitrogens with zero attached hydrogens (tertiary/aromatic N) is 4. The lowest BCUT2D eigenvalue weighted by molar-refractivity contribution is -0.130. The summed E-state index contributed by atoms with van der Waals surface area (Å²) in [4.78, 5) is 47.0. The highest BCUT2D eigenvalue weighted by atomic mass is 16.2. The SMILES string of the molecule is Cc1cc2cn[nH]c2cc1CC(NC(=O)N1CCC2(CC1)N=C(c1ccccc1)NC2=O)C(=O)N(C)C. The van der Waals surface area contributed by atoms with Crippen molar-refractivity contribution in [3.63, 3.8) is 0 Å². The van der Waals surface area contributed by atoms with Gasteiger partial charge in [-0.1, -0.05) is 30.3 Å². The van der Waals surface area contributed by atoms with Gasteiger partial charge in [-0.25, -0.2) is 4.79 Å². The molecule has 37 heavy (non-hydrogen) atoms. The number of carbonyl (C=O) groups excluding carboxylic acids is 3. The highest BCUT2D eigenvalue weighted by Crippen LogP contribution is 2.31. The van der Waals surface area contributed by atoms with Gasteiger partial charge in [0, 0.05) is 44.6 Å². The van der Waals surface area contributed by atoms with Crippen molar-refractivity contribution in [2.24, 2.45) is 4.99 Å². The van der Waals surface area contributed by atoms with Crippen LogP contribution in [0.15, 0.2) is 53.7 Å². The third-order valence-electron chi connectivity index (χ3n) is 7.26. The number of nitrogens with one attached hydrogen (secondary N) is 3. The van der Waals surface area contributed by atoms with Gasteiger partial charge in [0.15, 0.2) is 0 Å². The number of piperidine rings is 1. The van der Waals surface area contributed by atoms with Crippen LogP contribution >= 0.6 is 0 Å². The fourth-order valence-electron chi connectivity index (χ4n) is 5.01. The van der Waals surface area contributed by atoms with Crippen LogP contribution in [0, 0.1) is 6.92 Å². The van der Waals surface area contributed by atoms with Gasteiger partial charge in [-0.15, -0.1) is 0 Å². The van der Waals surface area contributed by atoms with E-state index < -0.39 is 11.6 Å². The van der Waals surface area contributed by atoms with Crippen LogP contribution in [0.5, 0.6) is 0 Å². The van der Waals surface area contributed by atoms with Crippen molar-refractivity contribution in [3.8, 4) is 0 Å². The fraction of sp³-hybridized carbons (Fsp3) is 0.370. The predicted octanol–water partition coefficient (Wildman–Crippen LogP) is 1.99. The van der Waals surface area contributed by atoms with E-state index in [-0.39, 0.29) is 17.8 Å². The first-order valence-corrected chi connectivity index (χ1v) is 12.4. The molecule has 2 aliphatic rings. The summed E-state index contributed by atoms with van der Waals surface area (Å²) < 4.78 is 0. The number of likely N-dealkylation sites (N-methyl/N-ethyl adjacent to an activating group) is 1. The smallest absolute Gasteiger partial charge is 0.318 e. The maximum Gasteiger partial charge on any atom is 0.318 e. The van der Waals surface area contributed by atoms with Gasteiger partial charge in [-0.05, 0) is 43.0 Å². The second-order valence-corrected chi connectivity index (χ2v) is 9.97. The molecular weight excluding hydrogens is 470 g/mol. The summed E-state index contributed by atoms with van der Waals surface area (Å²) in [5, 5.41) is 13.9. The Morgan fingerprint density at radius 1 is 1.16 bits per heavy atom. The average molecular weight is 502 g/mol. The van der Waals surface area contributed by atoms with Gasteiger partial charge in [0.2, 0.25) is 5.91 Å². The van der Waals surface area contributed by atoms with Crippen LogP contribution in [-0.2, 0) is 16.0 Å². The van der Waals surface area contributed by atoms with Gasteiger partial charge >= 0.3 is 6.03 Å². The Balaban J connectivity index is 1.28. The molecule has 1 spiro atoms. The first-order valence-electron chi connectivity index (χ1n) is 12.4. The second kappa shape index (κ2) is 9.68. The number of urea groups is 1. The predicted molar refractivity (Wildman–Crippen MR) is 140 cm³/mol. The number of hydrogen-bond acceptors (Lipinski definition) is 5. The van der Waals surface area contributed by atoms with Gasteiger partial charge in [0.25, 0.3) is 5.91 Å². The Hall–Kier alpha value is -4.21. The minimum atomic E-state index is -0.864. The van der Waals surface area contributed by atoms with E-state index in [9.17, 15) is 14.4 Å². The van der Waals surface area contributed by atoms with Crippen molar-refractivity contribution in [2.75, 3.05) is 27.2 Å². The number of rotatable bonds is 5. The van der Waals surface area contributed by atoms with E-state index in [0.29, 0.717) is 38.2 Å². The van der Waals surface area contributed by atoms with Gasteiger partial charge in [-0.3, -0.25) is 19.7 Å². The van der Waals surface area contributed by atoms with E-state index >= 15 is 0 Å². The quantitative estimate of drug-likeness (QED) is 0.495. The van der Waals surface area contributed by atoms with Crippen LogP contribution in [0.25, 0.3) is 10.9 Å². The molecule has 0 bridgehead atoms. The minimum absolute atomic E-state index is 0.128. The van der Waals surface area contributed by atoms with Crippen molar-refractivity contribution in [3.05, 3.63) is 65.4 Å². The lowest BCUT2D eigenvalue weighted by Gasteiger charge is -2.36. The summed E-state index contributed by atoms with van der Waals surface area (Å²) in [6.07, 6.45) is 2.96. The molecule has 4 amide bonds. The molecule has 1 unspecified atom stereocenters. The number of amidine groups is 1. The topological polar surface area (TPSA) is 123 Å². The molecule has 2 aliphatic heterocycles. The zero-order valence-electron chi connectivity index (χ0n) is 21.2. The Morgan fingerprint density at radius 2 is 1.89 bits per heavy atom. The summed E-state index contributed by atoms with van der Waals surface area (Å²) in [5.74, 6) is 0.264. The molecular formula is C27H31N7O3. The lowest BCUT2D eigenvalue weighted by Crippen LogP contribution is -2.56. The first-order chi connectivity index (χ1) is 17.8. The van der Waals surface area contributed by atoms with E-state index in [1.807, 2.05) is 49.4 Å². The van der Waals surface area contributed by atoms with Crippen molar-refractivity contribution in [2.45, 2.75) is 37.8 Å². The molecule has 5 rings (SSSR count). The van der Waals surface area contributed by atoms with E-state index in [2.05, 4.69) is 20.8 Å². The van der Waals surface area contributed by atoms with Crippen LogP contribution in [0.1, 0.15) is 29.5 Å². The molecule has 3 heterocycles. The van der Waals surface area contributed by atoms with Gasteiger partial charge < -0.3 is 20.4 Å². The van der Waals surface area contributed by atoms with Gasteiger partial charge in [0.1, 0.15) is 17.4 Å². The Morgan fingerprint density at radius 3 is 2.59 bits per heavy atom. The number of H-pyrrole nitrogens is 1. The number of aromatic amines is 1. The molecule has 0 aliphatic carbocycles. The molecule has 3 N–H and O–H groups in total. The monoisotopic (exact) mass is 501 g/mol. The number of benzene rings is 2. The molecule has 2 aromatic carbocycles. The summed E-state index contributed by atoms with van der Waals surface area (Å²) in [7, 11) is 3.36. The maximum atomic E-state index is 13.2. The summed E-state index contributed by atoms with van der Waals surface area (Å²) in [5.41, 5.74) is 2.87. The van der Waals surface area contributed by atoms with Crippen LogP contribution in [0.3, 0.4) is 0 Å². The highest BCUT2D eigenvalue weighted by molar-refractivity contribution is 6.15. The molecule has 0 radical (unpaired) electrons. The number of aromatic nitrogens is 2. The van der Waals surface area contributed by atoms with Crippen LogP contribution < -0.4 is 10.6 Å². The zero-order chi connectivity index (χ0) is 26.2.